The number of nitrogens with two attached hydrogens (primary N) is 3. The van der Waals surface area contributed by atoms with E-state index in [1.165, 1.54) is 31.0 Å². The molecule has 228 valence electrons. The molecule has 0 spiro atoms. The van der Waals surface area contributed by atoms with E-state index in [1.54, 1.807) is 18.0 Å². The normalized spacial score (nSPS) is 17.2. The first-order chi connectivity index (χ1) is 20.0. The number of fused-ring (bicyclic) bond motifs is 3. The number of carboxylic acids is 1. The van der Waals surface area contributed by atoms with E-state index in [1.807, 2.05) is 18.2 Å². The van der Waals surface area contributed by atoms with Crippen LogP contribution < -0.4 is 22.5 Å². The number of amides is 1. The van der Waals surface area contributed by atoms with Gasteiger partial charge in [-0.25, -0.2) is 4.39 Å². The number of anilines is 1. The second-order valence-corrected chi connectivity index (χ2v) is 13.1. The van der Waals surface area contributed by atoms with Gasteiger partial charge in [-0.1, -0.05) is 45.6 Å². The molecule has 1 aliphatic heterocycles. The molecule has 1 amide bonds. The summed E-state index contributed by atoms with van der Waals surface area (Å²) in [5.74, 6) is -0.595. The smallest absolute Gasteiger partial charge is 0.320 e. The Hall–Kier alpha value is -3.08. The van der Waals surface area contributed by atoms with Crippen molar-refractivity contribution in [3.8, 4) is 11.1 Å². The number of aromatic nitrogens is 1. The molecule has 3 aromatic rings. The van der Waals surface area contributed by atoms with Gasteiger partial charge in [0.1, 0.15) is 11.9 Å². The topological polar surface area (TPSA) is 149 Å². The fraction of sp³-hybridized carbons (Fsp3) is 0.500. The molecule has 1 saturated carbocycles. The van der Waals surface area contributed by atoms with Crippen molar-refractivity contribution in [1.82, 2.24) is 3.97 Å². The number of carbonyl (C=O) groups is 2. The highest BCUT2D eigenvalue weighted by Gasteiger charge is 2.31. The molecule has 0 saturated heterocycles. The minimum Gasteiger partial charge on any atom is -0.480 e. The van der Waals surface area contributed by atoms with Gasteiger partial charge in [0.25, 0.3) is 5.91 Å². The van der Waals surface area contributed by atoms with E-state index in [9.17, 15) is 14.0 Å². The van der Waals surface area contributed by atoms with Gasteiger partial charge in [-0.2, -0.15) is 0 Å². The first kappa shape index (κ1) is 31.8. The molecule has 2 aromatic carbocycles. The van der Waals surface area contributed by atoms with Crippen LogP contribution in [0.3, 0.4) is 0 Å². The van der Waals surface area contributed by atoms with Gasteiger partial charge >= 0.3 is 5.97 Å². The highest BCUT2D eigenvalue weighted by molar-refractivity contribution is 7.98. The minimum absolute atomic E-state index is 0.151. The third-order valence-electron chi connectivity index (χ3n) is 8.04. The number of halogens is 1. The fourth-order valence-corrected chi connectivity index (χ4v) is 6.98. The third-order valence-corrected chi connectivity index (χ3v) is 9.62. The molecular formula is C32H44FN5O3S. The Morgan fingerprint density at radius 3 is 2.55 bits per heavy atom. The van der Waals surface area contributed by atoms with Crippen molar-refractivity contribution in [3.63, 3.8) is 0 Å². The van der Waals surface area contributed by atoms with Crippen LogP contribution >= 0.6 is 11.9 Å². The lowest BCUT2D eigenvalue weighted by Gasteiger charge is -2.31. The predicted molar refractivity (Wildman–Crippen MR) is 170 cm³/mol. The minimum atomic E-state index is -0.933. The Balaban J connectivity index is 0.000000349. The van der Waals surface area contributed by atoms with Crippen LogP contribution in [0.2, 0.25) is 0 Å². The van der Waals surface area contributed by atoms with Crippen molar-refractivity contribution in [3.05, 3.63) is 53.5 Å². The van der Waals surface area contributed by atoms with Crippen molar-refractivity contribution >= 4 is 40.4 Å². The number of nitrogens with one attached hydrogen (secondary N) is 1. The quantitative estimate of drug-likeness (QED) is 0.193. The average Bonchev–Trinajstić information content (AvgIpc) is 3.25. The first-order valence-electron chi connectivity index (χ1n) is 14.9. The summed E-state index contributed by atoms with van der Waals surface area (Å²) in [6.45, 7) is 5.15. The Bertz CT molecular complexity index is 1420. The number of benzene rings is 2. The Kier molecular flexibility index (Phi) is 10.6. The number of carbonyl (C=O) groups excluding carboxylic acids is 1. The molecule has 8 N–H and O–H groups in total. The van der Waals surface area contributed by atoms with Gasteiger partial charge in [-0.3, -0.25) is 13.6 Å². The molecular weight excluding hydrogens is 553 g/mol. The monoisotopic (exact) mass is 597 g/mol. The van der Waals surface area contributed by atoms with Gasteiger partial charge < -0.3 is 27.6 Å². The van der Waals surface area contributed by atoms with Gasteiger partial charge in [0.15, 0.2) is 0 Å². The average molecular weight is 598 g/mol. The highest BCUT2D eigenvalue weighted by atomic mass is 32.2. The zero-order valence-electron chi connectivity index (χ0n) is 24.6. The van der Waals surface area contributed by atoms with Gasteiger partial charge in [0.05, 0.1) is 11.1 Å². The molecule has 8 nitrogen and oxygen atoms in total. The van der Waals surface area contributed by atoms with E-state index >= 15 is 0 Å². The zero-order chi connectivity index (χ0) is 30.4. The molecule has 5 rings (SSSR count). The molecule has 2 heterocycles. The maximum atomic E-state index is 14.2. The van der Waals surface area contributed by atoms with Crippen LogP contribution in [-0.2, 0) is 11.2 Å². The molecule has 1 aliphatic carbocycles. The fourth-order valence-electron chi connectivity index (χ4n) is 5.79. The Morgan fingerprint density at radius 2 is 1.88 bits per heavy atom. The molecule has 0 bridgehead atoms. The number of aliphatic carboxylic acids is 1. The summed E-state index contributed by atoms with van der Waals surface area (Å²) in [5, 5.41) is 13.0. The van der Waals surface area contributed by atoms with Crippen LogP contribution in [-0.4, -0.2) is 45.3 Å². The number of nitrogens with zero attached hydrogens (tertiary/aromatic N) is 1. The Morgan fingerprint density at radius 1 is 1.14 bits per heavy atom. The summed E-state index contributed by atoms with van der Waals surface area (Å²) in [4.78, 5) is 22.3. The lowest BCUT2D eigenvalue weighted by molar-refractivity contribution is -0.138. The third kappa shape index (κ3) is 7.65. The van der Waals surface area contributed by atoms with Crippen LogP contribution in [0.15, 0.2) is 36.4 Å². The zero-order valence-corrected chi connectivity index (χ0v) is 25.4. The van der Waals surface area contributed by atoms with E-state index in [0.29, 0.717) is 24.6 Å². The van der Waals surface area contributed by atoms with E-state index in [0.717, 1.165) is 65.6 Å². The van der Waals surface area contributed by atoms with Crippen molar-refractivity contribution in [2.75, 3.05) is 17.6 Å². The molecule has 1 fully saturated rings. The van der Waals surface area contributed by atoms with Crippen molar-refractivity contribution in [2.45, 2.75) is 83.7 Å². The largest absolute Gasteiger partial charge is 0.480 e. The van der Waals surface area contributed by atoms with Crippen LogP contribution in [0.25, 0.3) is 22.0 Å². The molecule has 42 heavy (non-hydrogen) atoms. The van der Waals surface area contributed by atoms with Crippen molar-refractivity contribution in [1.29, 1.82) is 0 Å². The van der Waals surface area contributed by atoms with Gasteiger partial charge in [0.2, 0.25) is 0 Å². The maximum absolute atomic E-state index is 14.2. The second kappa shape index (κ2) is 13.9. The summed E-state index contributed by atoms with van der Waals surface area (Å²) in [6, 6.07) is 10.6. The standard InChI is InChI=1S/C26H30FN3OS.C6H14N2O2/c1-26(2)14-23-24(20-11-9-17(27)13-22(20)30(23)32-15-26)16-8-10-19(25(28)31)21(12-16)29-18-6-4-3-5-7-18;7-4-2-1-3-5(8)6(9)10/h8-13,18,29H,3-7,14-15H2,1-2H3,(H2,28,31);5H,1-4,7-8H2,(H,9,10). The highest BCUT2D eigenvalue weighted by Crippen LogP contribution is 2.45. The number of unbranched alkanes of at least 4 members (excludes halogenated alkanes) is 1. The summed E-state index contributed by atoms with van der Waals surface area (Å²) < 4.78 is 16.4. The predicted octanol–water partition coefficient (Wildman–Crippen LogP) is 5.90. The SMILES string of the molecule is CC1(C)CSn2c(c(-c3ccc(C(N)=O)c(NC4CCCCC4)c3)c3ccc(F)cc32)C1.NCCCCC(N)C(=O)O. The summed E-state index contributed by atoms with van der Waals surface area (Å²) in [5.41, 5.74) is 21.9. The van der Waals surface area contributed by atoms with Gasteiger partial charge in [-0.15, -0.1) is 0 Å². The summed E-state index contributed by atoms with van der Waals surface area (Å²) >= 11 is 1.75. The maximum Gasteiger partial charge on any atom is 0.320 e. The summed E-state index contributed by atoms with van der Waals surface area (Å²) in [7, 11) is 0. The summed E-state index contributed by atoms with van der Waals surface area (Å²) in [6.07, 6.45) is 8.98. The van der Waals surface area contributed by atoms with Crippen LogP contribution in [0, 0.1) is 11.2 Å². The molecule has 1 unspecified atom stereocenters. The van der Waals surface area contributed by atoms with Crippen molar-refractivity contribution < 1.29 is 19.1 Å². The van der Waals surface area contributed by atoms with Crippen LogP contribution in [0.4, 0.5) is 10.1 Å². The van der Waals surface area contributed by atoms with E-state index in [4.69, 9.17) is 22.3 Å². The molecule has 0 radical (unpaired) electrons. The molecule has 2 aliphatic rings. The van der Waals surface area contributed by atoms with Crippen molar-refractivity contribution in [2.24, 2.45) is 22.6 Å². The van der Waals surface area contributed by atoms with E-state index < -0.39 is 17.9 Å². The number of hydrogen-bond acceptors (Lipinski definition) is 6. The van der Waals surface area contributed by atoms with Crippen LogP contribution in [0.1, 0.15) is 81.3 Å². The molecule has 1 atom stereocenters. The number of rotatable bonds is 9. The number of hydrogen-bond donors (Lipinski definition) is 5. The molecule has 1 aromatic heterocycles. The van der Waals surface area contributed by atoms with Gasteiger partial charge in [-0.05, 0) is 91.9 Å². The Labute approximate surface area is 251 Å². The lowest BCUT2D eigenvalue weighted by atomic mass is 9.87. The molecule has 10 heteroatoms. The lowest BCUT2D eigenvalue weighted by Crippen LogP contribution is -2.29. The second-order valence-electron chi connectivity index (χ2n) is 12.2. The number of carboxylic acid groups (broad SMARTS) is 1. The number of primary amides is 1. The van der Waals surface area contributed by atoms with Gasteiger partial charge in [0, 0.05) is 34.1 Å². The van der Waals surface area contributed by atoms with E-state index in [-0.39, 0.29) is 11.2 Å². The first-order valence-corrected chi connectivity index (χ1v) is 15.8. The van der Waals surface area contributed by atoms with E-state index in [2.05, 4.69) is 29.2 Å². The van der Waals surface area contributed by atoms with Crippen LogP contribution in [0.5, 0.6) is 0 Å².